The number of hydrogen-bond acceptors (Lipinski definition) is 4. The largest absolute Gasteiger partial charge is 0.494 e. The summed E-state index contributed by atoms with van der Waals surface area (Å²) in [6, 6.07) is 9.05. The van der Waals surface area contributed by atoms with Crippen molar-refractivity contribution >= 4 is 22.4 Å². The van der Waals surface area contributed by atoms with Crippen LogP contribution in [0.25, 0.3) is 10.9 Å². The Morgan fingerprint density at radius 1 is 1.08 bits per heavy atom. The molecular formula is C20H27N3O. The van der Waals surface area contributed by atoms with E-state index in [9.17, 15) is 0 Å². The highest BCUT2D eigenvalue weighted by atomic mass is 16.5. The van der Waals surface area contributed by atoms with Crippen molar-refractivity contribution < 1.29 is 4.74 Å². The van der Waals surface area contributed by atoms with E-state index in [2.05, 4.69) is 28.4 Å². The molecule has 0 radical (unpaired) electrons. The van der Waals surface area contributed by atoms with Crippen LogP contribution in [0.4, 0.5) is 11.5 Å². The van der Waals surface area contributed by atoms with Crippen LogP contribution in [0.15, 0.2) is 24.3 Å². The van der Waals surface area contributed by atoms with E-state index in [0.717, 1.165) is 30.2 Å². The summed E-state index contributed by atoms with van der Waals surface area (Å²) in [5.74, 6) is 1.86. The lowest BCUT2D eigenvalue weighted by Crippen LogP contribution is -2.24. The first kappa shape index (κ1) is 15.6. The summed E-state index contributed by atoms with van der Waals surface area (Å²) in [6.45, 7) is 2.28. The highest BCUT2D eigenvalue weighted by molar-refractivity contribution is 5.97. The van der Waals surface area contributed by atoms with Crippen LogP contribution < -0.4 is 15.0 Å². The summed E-state index contributed by atoms with van der Waals surface area (Å²) >= 11 is 0. The molecule has 128 valence electrons. The van der Waals surface area contributed by atoms with Gasteiger partial charge >= 0.3 is 0 Å². The normalized spacial score (nSPS) is 19.0. The number of benzene rings is 1. The molecule has 1 saturated heterocycles. The highest BCUT2D eigenvalue weighted by Crippen LogP contribution is 2.35. The van der Waals surface area contributed by atoms with E-state index < -0.39 is 0 Å². The van der Waals surface area contributed by atoms with Crippen LogP contribution in [0.3, 0.4) is 0 Å². The molecule has 0 bridgehead atoms. The van der Waals surface area contributed by atoms with Crippen LogP contribution >= 0.6 is 0 Å². The number of hydrogen-bond donors (Lipinski definition) is 1. The van der Waals surface area contributed by atoms with Crippen molar-refractivity contribution in [3.63, 3.8) is 0 Å². The maximum atomic E-state index is 5.58. The first-order chi connectivity index (χ1) is 11.8. The smallest absolute Gasteiger partial charge is 0.145 e. The van der Waals surface area contributed by atoms with Crippen LogP contribution in [-0.4, -0.2) is 31.2 Å². The molecule has 24 heavy (non-hydrogen) atoms. The van der Waals surface area contributed by atoms with E-state index in [1.54, 1.807) is 7.11 Å². The summed E-state index contributed by atoms with van der Waals surface area (Å²) in [4.78, 5) is 7.40. The van der Waals surface area contributed by atoms with Crippen LogP contribution in [0, 0.1) is 0 Å². The molecule has 2 heterocycles. The fourth-order valence-corrected chi connectivity index (χ4v) is 4.12. The quantitative estimate of drug-likeness (QED) is 0.892. The number of rotatable bonds is 4. The number of aromatic nitrogens is 1. The summed E-state index contributed by atoms with van der Waals surface area (Å²) < 4.78 is 5.58. The molecule has 1 aliphatic carbocycles. The lowest BCUT2D eigenvalue weighted by atomic mass is 9.95. The van der Waals surface area contributed by atoms with E-state index in [-0.39, 0.29) is 0 Å². The monoisotopic (exact) mass is 325 g/mol. The number of anilines is 2. The van der Waals surface area contributed by atoms with Gasteiger partial charge in [0.15, 0.2) is 0 Å². The van der Waals surface area contributed by atoms with Gasteiger partial charge in [0.1, 0.15) is 17.1 Å². The third kappa shape index (κ3) is 3.02. The topological polar surface area (TPSA) is 37.4 Å². The van der Waals surface area contributed by atoms with Gasteiger partial charge in [0.25, 0.3) is 0 Å². The molecule has 1 N–H and O–H groups in total. The Kier molecular flexibility index (Phi) is 4.46. The van der Waals surface area contributed by atoms with Gasteiger partial charge in [-0.05, 0) is 31.7 Å². The van der Waals surface area contributed by atoms with Gasteiger partial charge in [-0.2, -0.15) is 0 Å². The zero-order valence-corrected chi connectivity index (χ0v) is 14.6. The number of nitrogens with one attached hydrogen (secondary N) is 1. The number of methoxy groups -OCH3 is 1. The van der Waals surface area contributed by atoms with E-state index in [4.69, 9.17) is 9.72 Å². The molecule has 1 aromatic carbocycles. The molecule has 0 unspecified atom stereocenters. The lowest BCUT2D eigenvalue weighted by Gasteiger charge is -2.26. The average Bonchev–Trinajstić information content (AvgIpc) is 3.16. The third-order valence-corrected chi connectivity index (χ3v) is 5.40. The summed E-state index contributed by atoms with van der Waals surface area (Å²) in [5.41, 5.74) is 2.28. The van der Waals surface area contributed by atoms with Crippen molar-refractivity contribution in [3.8, 4) is 5.75 Å². The fraction of sp³-hybridized carbons (Fsp3) is 0.550. The van der Waals surface area contributed by atoms with Crippen LogP contribution in [0.5, 0.6) is 5.75 Å². The Morgan fingerprint density at radius 2 is 1.88 bits per heavy atom. The molecule has 1 saturated carbocycles. The Hall–Kier alpha value is -1.97. The molecule has 4 heteroatoms. The summed E-state index contributed by atoms with van der Waals surface area (Å²) in [7, 11) is 1.73. The van der Waals surface area contributed by atoms with Crippen molar-refractivity contribution in [2.75, 3.05) is 30.4 Å². The molecule has 1 aromatic heterocycles. The maximum Gasteiger partial charge on any atom is 0.145 e. The molecule has 2 fully saturated rings. The lowest BCUT2D eigenvalue weighted by molar-refractivity contribution is 0.419. The number of fused-ring (bicyclic) bond motifs is 1. The second-order valence-corrected chi connectivity index (χ2v) is 7.06. The van der Waals surface area contributed by atoms with Gasteiger partial charge in [-0.15, -0.1) is 0 Å². The third-order valence-electron chi connectivity index (χ3n) is 5.40. The Balaban J connectivity index is 1.75. The minimum Gasteiger partial charge on any atom is -0.494 e. The standard InChI is InChI=1S/C20H27N3O/c1-24-18-11-7-10-16-17(23-12-5-6-13-23)14-19(22-20(16)18)21-15-8-3-2-4-9-15/h7,10-11,14-15H,2-6,8-9,12-13H2,1H3,(H,21,22). The molecule has 0 amide bonds. The Morgan fingerprint density at radius 3 is 2.62 bits per heavy atom. The van der Waals surface area contributed by atoms with Gasteiger partial charge < -0.3 is 15.0 Å². The van der Waals surface area contributed by atoms with Crippen LogP contribution in [0.2, 0.25) is 0 Å². The molecule has 2 aliphatic rings. The van der Waals surface area contributed by atoms with Crippen molar-refractivity contribution in [3.05, 3.63) is 24.3 Å². The minimum atomic E-state index is 0.560. The van der Waals surface area contributed by atoms with Crippen LogP contribution in [-0.2, 0) is 0 Å². The number of nitrogens with zero attached hydrogens (tertiary/aromatic N) is 2. The average molecular weight is 325 g/mol. The second kappa shape index (κ2) is 6.88. The molecule has 0 atom stereocenters. The molecule has 2 aromatic rings. The number of ether oxygens (including phenoxy) is 1. The number of pyridine rings is 1. The molecule has 4 nitrogen and oxygen atoms in total. The first-order valence-corrected chi connectivity index (χ1v) is 9.34. The fourth-order valence-electron chi connectivity index (χ4n) is 4.12. The van der Waals surface area contributed by atoms with Crippen molar-refractivity contribution in [2.45, 2.75) is 51.0 Å². The Bertz CT molecular complexity index is 703. The van der Waals surface area contributed by atoms with E-state index in [1.807, 2.05) is 6.07 Å². The van der Waals surface area contributed by atoms with Gasteiger partial charge in [0.05, 0.1) is 7.11 Å². The van der Waals surface area contributed by atoms with Gasteiger partial charge in [-0.3, -0.25) is 0 Å². The Labute approximate surface area is 144 Å². The van der Waals surface area contributed by atoms with Crippen molar-refractivity contribution in [1.82, 2.24) is 4.98 Å². The zero-order valence-electron chi connectivity index (χ0n) is 14.6. The zero-order chi connectivity index (χ0) is 16.4. The predicted octanol–water partition coefficient (Wildman–Crippen LogP) is 4.59. The SMILES string of the molecule is COc1cccc2c(N3CCCC3)cc(NC3CCCCC3)nc12. The van der Waals surface area contributed by atoms with Crippen molar-refractivity contribution in [1.29, 1.82) is 0 Å². The summed E-state index contributed by atoms with van der Waals surface area (Å²) in [5, 5.41) is 4.89. The molecule has 1 aliphatic heterocycles. The van der Waals surface area contributed by atoms with Crippen LogP contribution in [0.1, 0.15) is 44.9 Å². The molecule has 4 rings (SSSR count). The van der Waals surface area contributed by atoms with E-state index >= 15 is 0 Å². The summed E-state index contributed by atoms with van der Waals surface area (Å²) in [6.07, 6.45) is 9.09. The second-order valence-electron chi connectivity index (χ2n) is 7.06. The van der Waals surface area contributed by atoms with E-state index in [0.29, 0.717) is 6.04 Å². The highest BCUT2D eigenvalue weighted by Gasteiger charge is 2.20. The number of para-hydroxylation sites is 1. The maximum absolute atomic E-state index is 5.58. The van der Waals surface area contributed by atoms with E-state index in [1.165, 1.54) is 56.0 Å². The van der Waals surface area contributed by atoms with Gasteiger partial charge in [0, 0.05) is 36.3 Å². The van der Waals surface area contributed by atoms with Crippen molar-refractivity contribution in [2.24, 2.45) is 0 Å². The van der Waals surface area contributed by atoms with Gasteiger partial charge in [0.2, 0.25) is 0 Å². The minimum absolute atomic E-state index is 0.560. The molecular weight excluding hydrogens is 298 g/mol. The first-order valence-electron chi connectivity index (χ1n) is 9.34. The van der Waals surface area contributed by atoms with Gasteiger partial charge in [-0.1, -0.05) is 31.4 Å². The molecule has 0 spiro atoms. The predicted molar refractivity (Wildman–Crippen MR) is 100 cm³/mol. The van der Waals surface area contributed by atoms with Gasteiger partial charge in [-0.25, -0.2) is 4.98 Å².